The van der Waals surface area contributed by atoms with Crippen molar-refractivity contribution in [3.05, 3.63) is 29.3 Å². The van der Waals surface area contributed by atoms with Crippen LogP contribution in [0, 0.1) is 0 Å². The van der Waals surface area contributed by atoms with Gasteiger partial charge >= 0.3 is 6.09 Å². The van der Waals surface area contributed by atoms with Crippen LogP contribution in [-0.2, 0) is 21.7 Å². The lowest BCUT2D eigenvalue weighted by Gasteiger charge is -2.16. The van der Waals surface area contributed by atoms with Gasteiger partial charge in [0.1, 0.15) is 6.10 Å². The average molecular weight is 320 g/mol. The zero-order valence-electron chi connectivity index (χ0n) is 12.6. The predicted molar refractivity (Wildman–Crippen MR) is 87.2 cm³/mol. The molecule has 118 valence electrons. The maximum atomic E-state index is 12.1. The molecule has 22 heavy (non-hydrogen) atoms. The summed E-state index contributed by atoms with van der Waals surface area (Å²) in [6.45, 7) is 2.29. The summed E-state index contributed by atoms with van der Waals surface area (Å²) in [5, 5.41) is 2.69. The first kappa shape index (κ1) is 15.2. The molecule has 2 aliphatic rings. The van der Waals surface area contributed by atoms with Crippen LogP contribution >= 0.6 is 11.8 Å². The first-order valence-electron chi connectivity index (χ1n) is 7.55. The smallest absolute Gasteiger partial charge is 0.414 e. The topological polar surface area (TPSA) is 58.6 Å². The molecule has 1 unspecified atom stereocenters. The number of benzene rings is 1. The Labute approximate surface area is 134 Å². The van der Waals surface area contributed by atoms with Crippen LogP contribution in [0.3, 0.4) is 0 Å². The van der Waals surface area contributed by atoms with E-state index in [0.29, 0.717) is 13.1 Å². The third-order valence-electron chi connectivity index (χ3n) is 3.95. The molecule has 1 aromatic carbocycles. The number of rotatable bonds is 3. The Kier molecular flexibility index (Phi) is 4.57. The van der Waals surface area contributed by atoms with Gasteiger partial charge in [-0.2, -0.15) is 11.8 Å². The maximum Gasteiger partial charge on any atom is 0.414 e. The van der Waals surface area contributed by atoms with Crippen LogP contribution in [-0.4, -0.2) is 36.9 Å². The molecule has 1 fully saturated rings. The van der Waals surface area contributed by atoms with Crippen molar-refractivity contribution in [1.82, 2.24) is 5.32 Å². The van der Waals surface area contributed by atoms with Crippen molar-refractivity contribution in [2.45, 2.75) is 31.6 Å². The molecule has 0 saturated carbocycles. The number of nitrogens with zero attached hydrogens (tertiary/aromatic N) is 1. The standard InChI is InChI=1S/C16H20N2O3S/c1-11(19)17-8-15-9-18(16(20)21-15)14-5-4-12-3-2-6-22-10-13(12)7-14/h4-5,7,15H,2-3,6,8-10H2,1H3,(H,17,19). The van der Waals surface area contributed by atoms with Crippen molar-refractivity contribution >= 4 is 29.4 Å². The van der Waals surface area contributed by atoms with E-state index in [1.807, 2.05) is 17.8 Å². The largest absolute Gasteiger partial charge is 0.442 e. The van der Waals surface area contributed by atoms with E-state index in [4.69, 9.17) is 4.74 Å². The molecule has 6 heteroatoms. The number of carbonyl (C=O) groups is 2. The Hall–Kier alpha value is -1.69. The van der Waals surface area contributed by atoms with Crippen LogP contribution in [0.15, 0.2) is 18.2 Å². The number of hydrogen-bond acceptors (Lipinski definition) is 4. The van der Waals surface area contributed by atoms with E-state index in [-0.39, 0.29) is 18.1 Å². The molecular formula is C16H20N2O3S. The molecular weight excluding hydrogens is 300 g/mol. The van der Waals surface area contributed by atoms with Crippen molar-refractivity contribution in [1.29, 1.82) is 0 Å². The Bertz CT molecular complexity index is 591. The lowest BCUT2D eigenvalue weighted by molar-refractivity contribution is -0.119. The highest BCUT2D eigenvalue weighted by molar-refractivity contribution is 7.98. The zero-order valence-corrected chi connectivity index (χ0v) is 13.4. The summed E-state index contributed by atoms with van der Waals surface area (Å²) in [6, 6.07) is 6.23. The Morgan fingerprint density at radius 2 is 2.32 bits per heavy atom. The molecule has 1 saturated heterocycles. The van der Waals surface area contributed by atoms with E-state index in [2.05, 4.69) is 17.4 Å². The molecule has 0 aliphatic carbocycles. The number of amides is 2. The average Bonchev–Trinajstić information content (AvgIpc) is 2.71. The number of fused-ring (bicyclic) bond motifs is 1. The minimum Gasteiger partial charge on any atom is -0.442 e. The molecule has 1 aromatic rings. The van der Waals surface area contributed by atoms with Gasteiger partial charge in [-0.25, -0.2) is 4.79 Å². The lowest BCUT2D eigenvalue weighted by Crippen LogP contribution is -2.33. The SMILES string of the molecule is CC(=O)NCC1CN(c2ccc3c(c2)CSCCC3)C(=O)O1. The van der Waals surface area contributed by atoms with Crippen LogP contribution in [0.2, 0.25) is 0 Å². The zero-order chi connectivity index (χ0) is 15.5. The number of thioether (sulfide) groups is 1. The second kappa shape index (κ2) is 6.60. The summed E-state index contributed by atoms with van der Waals surface area (Å²) in [4.78, 5) is 24.7. The summed E-state index contributed by atoms with van der Waals surface area (Å²) >= 11 is 1.94. The quantitative estimate of drug-likeness (QED) is 0.928. The van der Waals surface area contributed by atoms with Gasteiger partial charge in [0.05, 0.1) is 13.1 Å². The molecule has 0 radical (unpaired) electrons. The number of hydrogen-bond donors (Lipinski definition) is 1. The van der Waals surface area contributed by atoms with E-state index in [1.165, 1.54) is 30.2 Å². The monoisotopic (exact) mass is 320 g/mol. The first-order valence-corrected chi connectivity index (χ1v) is 8.71. The van der Waals surface area contributed by atoms with Gasteiger partial charge in [-0.05, 0) is 41.9 Å². The second-order valence-corrected chi connectivity index (χ2v) is 6.77. The molecule has 3 rings (SSSR count). The highest BCUT2D eigenvalue weighted by Crippen LogP contribution is 2.29. The minimum absolute atomic E-state index is 0.114. The van der Waals surface area contributed by atoms with Gasteiger partial charge in [0.2, 0.25) is 5.91 Å². The molecule has 0 aromatic heterocycles. The van der Waals surface area contributed by atoms with Crippen molar-refractivity contribution in [2.75, 3.05) is 23.7 Å². The van der Waals surface area contributed by atoms with Gasteiger partial charge in [-0.1, -0.05) is 6.07 Å². The summed E-state index contributed by atoms with van der Waals surface area (Å²) in [6.07, 6.45) is 1.70. The number of ether oxygens (including phenoxy) is 1. The van der Waals surface area contributed by atoms with Crippen LogP contribution in [0.5, 0.6) is 0 Å². The first-order chi connectivity index (χ1) is 10.6. The minimum atomic E-state index is -0.337. The molecule has 2 amide bonds. The molecule has 1 atom stereocenters. The number of cyclic esters (lactones) is 1. The number of aryl methyl sites for hydroxylation is 1. The molecule has 2 aliphatic heterocycles. The fourth-order valence-corrected chi connectivity index (χ4v) is 3.78. The van der Waals surface area contributed by atoms with E-state index < -0.39 is 0 Å². The lowest BCUT2D eigenvalue weighted by atomic mass is 10.0. The summed E-state index contributed by atoms with van der Waals surface area (Å²) in [5.41, 5.74) is 3.59. The van der Waals surface area contributed by atoms with Gasteiger partial charge in [-0.15, -0.1) is 0 Å². The van der Waals surface area contributed by atoms with E-state index >= 15 is 0 Å². The highest BCUT2D eigenvalue weighted by atomic mass is 32.2. The van der Waals surface area contributed by atoms with Crippen LogP contribution in [0.25, 0.3) is 0 Å². The van der Waals surface area contributed by atoms with Crippen LogP contribution in [0.4, 0.5) is 10.5 Å². The Balaban J connectivity index is 1.72. The summed E-state index contributed by atoms with van der Waals surface area (Å²) < 4.78 is 5.31. The Morgan fingerprint density at radius 3 is 3.14 bits per heavy atom. The van der Waals surface area contributed by atoms with Gasteiger partial charge in [0.25, 0.3) is 0 Å². The van der Waals surface area contributed by atoms with Gasteiger partial charge in [0, 0.05) is 18.4 Å². The van der Waals surface area contributed by atoms with Crippen molar-refractivity contribution in [3.8, 4) is 0 Å². The summed E-state index contributed by atoms with van der Waals surface area (Å²) in [7, 11) is 0. The Morgan fingerprint density at radius 1 is 1.45 bits per heavy atom. The van der Waals surface area contributed by atoms with Crippen LogP contribution < -0.4 is 10.2 Å². The molecule has 0 bridgehead atoms. The summed E-state index contributed by atoms with van der Waals surface area (Å²) in [5.74, 6) is 2.08. The van der Waals surface area contributed by atoms with Gasteiger partial charge in [-0.3, -0.25) is 9.69 Å². The fourth-order valence-electron chi connectivity index (χ4n) is 2.80. The fraction of sp³-hybridized carbons (Fsp3) is 0.500. The molecule has 0 spiro atoms. The van der Waals surface area contributed by atoms with E-state index in [9.17, 15) is 9.59 Å². The second-order valence-electron chi connectivity index (χ2n) is 5.66. The number of nitrogens with one attached hydrogen (secondary N) is 1. The van der Waals surface area contributed by atoms with Gasteiger partial charge in [0.15, 0.2) is 0 Å². The normalized spacial score (nSPS) is 21.0. The third kappa shape index (κ3) is 3.38. The molecule has 2 heterocycles. The van der Waals surface area contributed by atoms with E-state index in [0.717, 1.165) is 17.9 Å². The predicted octanol–water partition coefficient (Wildman–Crippen LogP) is 2.33. The number of carbonyl (C=O) groups excluding carboxylic acids is 2. The maximum absolute atomic E-state index is 12.1. The van der Waals surface area contributed by atoms with Crippen molar-refractivity contribution in [2.24, 2.45) is 0 Å². The highest BCUT2D eigenvalue weighted by Gasteiger charge is 2.32. The van der Waals surface area contributed by atoms with Gasteiger partial charge < -0.3 is 10.1 Å². The van der Waals surface area contributed by atoms with Crippen molar-refractivity contribution < 1.29 is 14.3 Å². The third-order valence-corrected chi connectivity index (χ3v) is 5.04. The van der Waals surface area contributed by atoms with Crippen molar-refractivity contribution in [3.63, 3.8) is 0 Å². The van der Waals surface area contributed by atoms with E-state index in [1.54, 1.807) is 4.90 Å². The molecule has 5 nitrogen and oxygen atoms in total. The number of anilines is 1. The van der Waals surface area contributed by atoms with Crippen LogP contribution in [0.1, 0.15) is 24.5 Å². The molecule has 1 N–H and O–H groups in total.